The van der Waals surface area contributed by atoms with Crippen LogP contribution >= 0.6 is 0 Å². The predicted molar refractivity (Wildman–Crippen MR) is 102 cm³/mol. The van der Waals surface area contributed by atoms with E-state index in [4.69, 9.17) is 0 Å². The SMILES string of the molecule is CC1C=CC(Nc2ncnc3cc(-c4ncccc4C(F)(F)F)ccc23)=CC1. The minimum absolute atomic E-state index is 0.114. The van der Waals surface area contributed by atoms with Gasteiger partial charge in [-0.25, -0.2) is 9.97 Å². The molecule has 1 aromatic carbocycles. The molecule has 0 radical (unpaired) electrons. The molecule has 2 aromatic heterocycles. The van der Waals surface area contributed by atoms with Crippen LogP contribution in [0.15, 0.2) is 66.8 Å². The second kappa shape index (κ2) is 7.07. The molecule has 0 fully saturated rings. The van der Waals surface area contributed by atoms with E-state index in [2.05, 4.69) is 39.3 Å². The maximum Gasteiger partial charge on any atom is 0.418 e. The second-order valence-corrected chi connectivity index (χ2v) is 6.71. The normalized spacial score (nSPS) is 16.9. The molecule has 4 nitrogen and oxygen atoms in total. The molecule has 0 aliphatic heterocycles. The molecule has 3 aromatic rings. The molecule has 1 aliphatic rings. The van der Waals surface area contributed by atoms with Gasteiger partial charge in [-0.1, -0.05) is 25.1 Å². The summed E-state index contributed by atoms with van der Waals surface area (Å²) in [5, 5.41) is 3.99. The molecule has 1 unspecified atom stereocenters. The van der Waals surface area contributed by atoms with Crippen LogP contribution in [0.25, 0.3) is 22.2 Å². The maximum absolute atomic E-state index is 13.3. The van der Waals surface area contributed by atoms with E-state index in [1.54, 1.807) is 18.2 Å². The van der Waals surface area contributed by atoms with Crippen molar-refractivity contribution in [3.63, 3.8) is 0 Å². The molecule has 0 saturated carbocycles. The first-order chi connectivity index (χ1) is 13.4. The van der Waals surface area contributed by atoms with Gasteiger partial charge in [0.2, 0.25) is 0 Å². The molecule has 0 saturated heterocycles. The molecule has 1 atom stereocenters. The molecular weight excluding hydrogens is 365 g/mol. The number of hydrogen-bond acceptors (Lipinski definition) is 4. The van der Waals surface area contributed by atoms with Crippen LogP contribution in [0.5, 0.6) is 0 Å². The zero-order valence-corrected chi connectivity index (χ0v) is 15.0. The first kappa shape index (κ1) is 18.2. The lowest BCUT2D eigenvalue weighted by Gasteiger charge is -2.15. The van der Waals surface area contributed by atoms with Crippen LogP contribution in [-0.2, 0) is 6.18 Å². The van der Waals surface area contributed by atoms with Gasteiger partial charge in [0.05, 0.1) is 16.8 Å². The summed E-state index contributed by atoms with van der Waals surface area (Å²) >= 11 is 0. The molecule has 1 aliphatic carbocycles. The number of alkyl halides is 3. The van der Waals surface area contributed by atoms with E-state index in [0.717, 1.165) is 23.6 Å². The van der Waals surface area contributed by atoms with Gasteiger partial charge < -0.3 is 5.32 Å². The van der Waals surface area contributed by atoms with Crippen molar-refractivity contribution in [2.45, 2.75) is 19.5 Å². The Morgan fingerprint density at radius 2 is 1.96 bits per heavy atom. The Hall–Kier alpha value is -3.22. The smallest absolute Gasteiger partial charge is 0.340 e. The molecule has 28 heavy (non-hydrogen) atoms. The topological polar surface area (TPSA) is 50.7 Å². The summed E-state index contributed by atoms with van der Waals surface area (Å²) < 4.78 is 39.9. The summed E-state index contributed by atoms with van der Waals surface area (Å²) in [7, 11) is 0. The number of fused-ring (bicyclic) bond motifs is 1. The Morgan fingerprint density at radius 3 is 2.71 bits per heavy atom. The number of pyridine rings is 1. The number of halogens is 3. The van der Waals surface area contributed by atoms with Crippen molar-refractivity contribution in [2.75, 3.05) is 5.32 Å². The van der Waals surface area contributed by atoms with E-state index in [1.165, 1.54) is 18.6 Å². The van der Waals surface area contributed by atoms with Gasteiger partial charge in [0.15, 0.2) is 0 Å². The van der Waals surface area contributed by atoms with Crippen molar-refractivity contribution < 1.29 is 13.2 Å². The fourth-order valence-corrected chi connectivity index (χ4v) is 3.12. The van der Waals surface area contributed by atoms with Crippen molar-refractivity contribution in [3.05, 3.63) is 72.3 Å². The maximum atomic E-state index is 13.3. The van der Waals surface area contributed by atoms with Crippen molar-refractivity contribution in [2.24, 2.45) is 5.92 Å². The van der Waals surface area contributed by atoms with Crippen molar-refractivity contribution in [3.8, 4) is 11.3 Å². The number of anilines is 1. The lowest BCUT2D eigenvalue weighted by molar-refractivity contribution is -0.137. The quantitative estimate of drug-likeness (QED) is 0.640. The van der Waals surface area contributed by atoms with Crippen molar-refractivity contribution in [1.29, 1.82) is 0 Å². The number of allylic oxidation sites excluding steroid dienone is 3. The molecule has 4 rings (SSSR count). The van der Waals surface area contributed by atoms with E-state index in [1.807, 2.05) is 6.08 Å². The highest BCUT2D eigenvalue weighted by atomic mass is 19.4. The van der Waals surface area contributed by atoms with Gasteiger partial charge in [-0.15, -0.1) is 0 Å². The lowest BCUT2D eigenvalue weighted by Crippen LogP contribution is -2.08. The molecule has 0 amide bonds. The van der Waals surface area contributed by atoms with Crippen molar-refractivity contribution >= 4 is 16.7 Å². The number of hydrogen-bond donors (Lipinski definition) is 1. The van der Waals surface area contributed by atoms with Crippen molar-refractivity contribution in [1.82, 2.24) is 15.0 Å². The Balaban J connectivity index is 1.73. The summed E-state index contributed by atoms with van der Waals surface area (Å²) in [5.74, 6) is 1.11. The average Bonchev–Trinajstić information content (AvgIpc) is 2.69. The Kier molecular flexibility index (Phi) is 4.58. The number of benzene rings is 1. The monoisotopic (exact) mass is 382 g/mol. The fraction of sp³-hybridized carbons (Fsp3) is 0.190. The predicted octanol–water partition coefficient (Wildman–Crippen LogP) is 5.60. The summed E-state index contributed by atoms with van der Waals surface area (Å²) in [6.45, 7) is 2.14. The Bertz CT molecular complexity index is 1090. The van der Waals surface area contributed by atoms with Crippen LogP contribution < -0.4 is 5.32 Å². The van der Waals surface area contributed by atoms with Gasteiger partial charge in [-0.2, -0.15) is 13.2 Å². The summed E-state index contributed by atoms with van der Waals surface area (Å²) in [6.07, 6.45) is 5.41. The first-order valence-corrected chi connectivity index (χ1v) is 8.84. The number of rotatable bonds is 3. The van der Waals surface area contributed by atoms with Gasteiger partial charge >= 0.3 is 6.18 Å². The van der Waals surface area contributed by atoms with E-state index >= 15 is 0 Å². The molecule has 1 N–H and O–H groups in total. The number of aromatic nitrogens is 3. The van der Waals surface area contributed by atoms with Crippen LogP contribution in [0, 0.1) is 5.92 Å². The van der Waals surface area contributed by atoms with E-state index in [0.29, 0.717) is 22.8 Å². The molecule has 2 heterocycles. The average molecular weight is 382 g/mol. The third kappa shape index (κ3) is 3.60. The van der Waals surface area contributed by atoms with E-state index < -0.39 is 11.7 Å². The van der Waals surface area contributed by atoms with Crippen LogP contribution in [0.1, 0.15) is 18.9 Å². The molecule has 0 spiro atoms. The third-order valence-electron chi connectivity index (χ3n) is 4.60. The van der Waals surface area contributed by atoms with E-state index in [9.17, 15) is 13.2 Å². The van der Waals surface area contributed by atoms with Crippen LogP contribution in [-0.4, -0.2) is 15.0 Å². The third-order valence-corrected chi connectivity index (χ3v) is 4.60. The minimum Gasteiger partial charge on any atom is -0.340 e. The van der Waals surface area contributed by atoms with Gasteiger partial charge in [-0.3, -0.25) is 4.98 Å². The standard InChI is InChI=1S/C21H17F3N4/c1-13-4-7-15(8-5-13)28-20-16-9-6-14(11-18(16)26-12-27-20)19-17(21(22,23)24)3-2-10-25-19/h2-4,6-13H,5H2,1H3,(H,26,27,28). The zero-order valence-electron chi connectivity index (χ0n) is 15.0. The van der Waals surface area contributed by atoms with Gasteiger partial charge in [0, 0.05) is 22.8 Å². The lowest BCUT2D eigenvalue weighted by atomic mass is 10.0. The summed E-state index contributed by atoms with van der Waals surface area (Å²) in [5.41, 5.74) is 0.953. The molecule has 0 bridgehead atoms. The largest absolute Gasteiger partial charge is 0.418 e. The van der Waals surface area contributed by atoms with Gasteiger partial charge in [0.25, 0.3) is 0 Å². The second-order valence-electron chi connectivity index (χ2n) is 6.71. The summed E-state index contributed by atoms with van der Waals surface area (Å²) in [4.78, 5) is 12.5. The highest BCUT2D eigenvalue weighted by Crippen LogP contribution is 2.36. The Labute approximate surface area is 159 Å². The van der Waals surface area contributed by atoms with Crippen LogP contribution in [0.3, 0.4) is 0 Å². The molecular formula is C21H17F3N4. The minimum atomic E-state index is -4.48. The van der Waals surface area contributed by atoms with Crippen LogP contribution in [0.2, 0.25) is 0 Å². The zero-order chi connectivity index (χ0) is 19.7. The molecule has 142 valence electrons. The first-order valence-electron chi connectivity index (χ1n) is 8.84. The van der Waals surface area contributed by atoms with Gasteiger partial charge in [-0.05, 0) is 42.7 Å². The van der Waals surface area contributed by atoms with Crippen LogP contribution in [0.4, 0.5) is 19.0 Å². The Morgan fingerprint density at radius 1 is 1.11 bits per heavy atom. The number of nitrogens with zero attached hydrogens (tertiary/aromatic N) is 3. The number of nitrogens with one attached hydrogen (secondary N) is 1. The highest BCUT2D eigenvalue weighted by Gasteiger charge is 2.34. The molecule has 7 heteroatoms. The fourth-order valence-electron chi connectivity index (χ4n) is 3.12. The van der Waals surface area contributed by atoms with E-state index in [-0.39, 0.29) is 5.69 Å². The van der Waals surface area contributed by atoms with Gasteiger partial charge in [0.1, 0.15) is 12.1 Å². The summed E-state index contributed by atoms with van der Waals surface area (Å²) in [6, 6.07) is 7.25. The highest BCUT2D eigenvalue weighted by molar-refractivity contribution is 5.92.